The van der Waals surface area contributed by atoms with Gasteiger partial charge in [-0.25, -0.2) is 4.79 Å². The number of amides is 2. The number of carbonyl (C=O) groups is 1. The highest BCUT2D eigenvalue weighted by Gasteiger charge is 2.19. The minimum Gasteiger partial charge on any atom is -0.396 e. The lowest BCUT2D eigenvalue weighted by molar-refractivity contribution is 0.230. The zero-order valence-corrected chi connectivity index (χ0v) is 11.8. The predicted molar refractivity (Wildman–Crippen MR) is 74.1 cm³/mol. The molecular weight excluding hydrogens is 258 g/mol. The van der Waals surface area contributed by atoms with Gasteiger partial charge >= 0.3 is 6.03 Å². The van der Waals surface area contributed by atoms with Crippen LogP contribution in [0.2, 0.25) is 0 Å². The minimum atomic E-state index is -0.249. The highest BCUT2D eigenvalue weighted by molar-refractivity contribution is 5.74. The van der Waals surface area contributed by atoms with Gasteiger partial charge in [-0.05, 0) is 12.3 Å². The summed E-state index contributed by atoms with van der Waals surface area (Å²) in [7, 11) is 0. The van der Waals surface area contributed by atoms with Gasteiger partial charge in [-0.15, -0.1) is 0 Å². The molecule has 1 aliphatic carbocycles. The minimum absolute atomic E-state index is 0.0203. The third-order valence-corrected chi connectivity index (χ3v) is 3.32. The summed E-state index contributed by atoms with van der Waals surface area (Å²) in [4.78, 5) is 11.7. The van der Waals surface area contributed by atoms with Gasteiger partial charge in [0.15, 0.2) is 5.76 Å². The van der Waals surface area contributed by atoms with Gasteiger partial charge in [-0.2, -0.15) is 0 Å². The summed E-state index contributed by atoms with van der Waals surface area (Å²) >= 11 is 0. The second kappa shape index (κ2) is 6.56. The van der Waals surface area contributed by atoms with Crippen molar-refractivity contribution < 1.29 is 14.4 Å². The van der Waals surface area contributed by atoms with E-state index in [9.17, 15) is 4.79 Å². The number of rotatable bonds is 5. The lowest BCUT2D eigenvalue weighted by atomic mass is 10.1. The topological polar surface area (TPSA) is 87.4 Å². The number of aliphatic hydroxyl groups excluding tert-OH is 1. The van der Waals surface area contributed by atoms with Gasteiger partial charge in [0.05, 0.1) is 12.2 Å². The quantitative estimate of drug-likeness (QED) is 0.713. The van der Waals surface area contributed by atoms with Gasteiger partial charge in [0.1, 0.15) is 0 Å². The maximum Gasteiger partial charge on any atom is 0.315 e. The van der Waals surface area contributed by atoms with Crippen LogP contribution in [0.1, 0.15) is 37.6 Å². The van der Waals surface area contributed by atoms with Crippen LogP contribution in [0.25, 0.3) is 0 Å². The van der Waals surface area contributed by atoms with Gasteiger partial charge in [-0.3, -0.25) is 0 Å². The summed E-state index contributed by atoms with van der Waals surface area (Å²) in [6.07, 6.45) is 4.58. The van der Waals surface area contributed by atoms with Gasteiger partial charge in [0.25, 0.3) is 0 Å². The Kier molecular flexibility index (Phi) is 4.79. The molecule has 2 atom stereocenters. The summed E-state index contributed by atoms with van der Waals surface area (Å²) in [6.45, 7) is 4.50. The molecule has 1 aliphatic rings. The number of nitrogens with zero attached hydrogens (tertiary/aromatic N) is 1. The first-order valence-corrected chi connectivity index (χ1v) is 6.87. The van der Waals surface area contributed by atoms with Crippen LogP contribution in [0, 0.1) is 5.92 Å². The summed E-state index contributed by atoms with van der Waals surface area (Å²) in [5.41, 5.74) is 0.881. The molecule has 6 nitrogen and oxygen atoms in total. The van der Waals surface area contributed by atoms with E-state index in [1.807, 2.05) is 32.1 Å². The molecule has 0 saturated heterocycles. The van der Waals surface area contributed by atoms with Crippen molar-refractivity contribution in [1.82, 2.24) is 15.8 Å². The third-order valence-electron chi connectivity index (χ3n) is 3.32. The van der Waals surface area contributed by atoms with Crippen molar-refractivity contribution in [2.75, 3.05) is 6.61 Å². The molecule has 20 heavy (non-hydrogen) atoms. The van der Waals surface area contributed by atoms with Gasteiger partial charge < -0.3 is 20.3 Å². The molecule has 1 aromatic heterocycles. The molecule has 0 aliphatic heterocycles. The summed E-state index contributed by atoms with van der Waals surface area (Å²) in [6, 6.07) is 1.58. The van der Waals surface area contributed by atoms with E-state index in [2.05, 4.69) is 15.8 Å². The highest BCUT2D eigenvalue weighted by atomic mass is 16.5. The van der Waals surface area contributed by atoms with Crippen LogP contribution in [-0.2, 0) is 6.54 Å². The number of aromatic nitrogens is 1. The molecular formula is C14H21N3O3. The van der Waals surface area contributed by atoms with Gasteiger partial charge in [0.2, 0.25) is 0 Å². The standard InChI is InChI=1S/C14H21N3O3/c1-9(2)13-6-12(20-17-13)7-15-14(19)16-11-4-3-10(5-11)8-18/h3-4,6,9-11,18H,5,7-8H2,1-2H3,(H2,15,16,19)/t10-,11+/m0/s1. The van der Waals surface area contributed by atoms with Crippen molar-refractivity contribution in [3.63, 3.8) is 0 Å². The molecule has 0 bridgehead atoms. The average Bonchev–Trinajstić information content (AvgIpc) is 3.05. The Balaban J connectivity index is 1.73. The molecule has 1 heterocycles. The van der Waals surface area contributed by atoms with Crippen molar-refractivity contribution in [2.24, 2.45) is 5.92 Å². The van der Waals surface area contributed by atoms with E-state index in [4.69, 9.17) is 9.63 Å². The molecule has 0 spiro atoms. The highest BCUT2D eigenvalue weighted by Crippen LogP contribution is 2.17. The molecule has 2 rings (SSSR count). The van der Waals surface area contributed by atoms with Gasteiger partial charge in [0, 0.05) is 24.6 Å². The second-order valence-electron chi connectivity index (χ2n) is 5.37. The van der Waals surface area contributed by atoms with Crippen LogP contribution in [0.3, 0.4) is 0 Å². The molecule has 0 fully saturated rings. The monoisotopic (exact) mass is 279 g/mol. The van der Waals surface area contributed by atoms with Crippen LogP contribution in [-0.4, -0.2) is 28.9 Å². The molecule has 3 N–H and O–H groups in total. The van der Waals surface area contributed by atoms with Crippen LogP contribution in [0.4, 0.5) is 4.79 Å². The van der Waals surface area contributed by atoms with E-state index in [-0.39, 0.29) is 24.6 Å². The number of aliphatic hydroxyl groups is 1. The number of carbonyl (C=O) groups excluding carboxylic acids is 1. The van der Waals surface area contributed by atoms with Crippen molar-refractivity contribution in [3.05, 3.63) is 29.7 Å². The van der Waals surface area contributed by atoms with E-state index < -0.39 is 0 Å². The van der Waals surface area contributed by atoms with Crippen molar-refractivity contribution in [3.8, 4) is 0 Å². The zero-order valence-electron chi connectivity index (χ0n) is 11.8. The first kappa shape index (κ1) is 14.6. The average molecular weight is 279 g/mol. The fraction of sp³-hybridized carbons (Fsp3) is 0.571. The maximum absolute atomic E-state index is 11.7. The van der Waals surface area contributed by atoms with E-state index in [1.165, 1.54) is 0 Å². The molecule has 0 saturated carbocycles. The van der Waals surface area contributed by atoms with Crippen LogP contribution in [0.5, 0.6) is 0 Å². The zero-order chi connectivity index (χ0) is 14.5. The predicted octanol–water partition coefficient (Wildman–Crippen LogP) is 1.53. The lowest BCUT2D eigenvalue weighted by Gasteiger charge is -2.12. The maximum atomic E-state index is 11.7. The van der Waals surface area contributed by atoms with E-state index >= 15 is 0 Å². The SMILES string of the molecule is CC(C)c1cc(CNC(=O)N[C@@H]2C=C[C@H](CO)C2)on1. The summed E-state index contributed by atoms with van der Waals surface area (Å²) in [5, 5.41) is 18.5. The fourth-order valence-electron chi connectivity index (χ4n) is 2.09. The number of hydrogen-bond acceptors (Lipinski definition) is 4. The Bertz CT molecular complexity index is 482. The summed E-state index contributed by atoms with van der Waals surface area (Å²) in [5.74, 6) is 1.09. The Morgan fingerprint density at radius 2 is 2.35 bits per heavy atom. The van der Waals surface area contributed by atoms with Gasteiger partial charge in [-0.1, -0.05) is 31.2 Å². The van der Waals surface area contributed by atoms with Crippen LogP contribution < -0.4 is 10.6 Å². The Morgan fingerprint density at radius 1 is 1.55 bits per heavy atom. The molecule has 0 radical (unpaired) electrons. The smallest absolute Gasteiger partial charge is 0.315 e. The number of hydrogen-bond donors (Lipinski definition) is 3. The van der Waals surface area contributed by atoms with E-state index in [0.717, 1.165) is 12.1 Å². The lowest BCUT2D eigenvalue weighted by Crippen LogP contribution is -2.40. The first-order chi connectivity index (χ1) is 9.58. The van der Waals surface area contributed by atoms with E-state index in [1.54, 1.807) is 0 Å². The first-order valence-electron chi connectivity index (χ1n) is 6.87. The Morgan fingerprint density at radius 3 is 2.95 bits per heavy atom. The molecule has 1 aromatic rings. The fourth-order valence-corrected chi connectivity index (χ4v) is 2.09. The Labute approximate surface area is 118 Å². The molecule has 110 valence electrons. The normalized spacial score (nSPS) is 21.4. The number of nitrogens with one attached hydrogen (secondary N) is 2. The molecule has 0 aromatic carbocycles. The Hall–Kier alpha value is -1.82. The largest absolute Gasteiger partial charge is 0.396 e. The van der Waals surface area contributed by atoms with Crippen LogP contribution in [0.15, 0.2) is 22.7 Å². The molecule has 6 heteroatoms. The molecule has 2 amide bonds. The van der Waals surface area contributed by atoms with Crippen molar-refractivity contribution in [1.29, 1.82) is 0 Å². The third kappa shape index (κ3) is 3.84. The van der Waals surface area contributed by atoms with Crippen molar-refractivity contribution in [2.45, 2.75) is 38.8 Å². The van der Waals surface area contributed by atoms with Crippen LogP contribution >= 0.6 is 0 Å². The van der Waals surface area contributed by atoms with E-state index in [0.29, 0.717) is 18.2 Å². The second-order valence-corrected chi connectivity index (χ2v) is 5.37. The number of urea groups is 1. The summed E-state index contributed by atoms with van der Waals surface area (Å²) < 4.78 is 5.14. The van der Waals surface area contributed by atoms with Crippen molar-refractivity contribution >= 4 is 6.03 Å². The molecule has 0 unspecified atom stereocenters.